The molecular weight excluding hydrogens is 426 g/mol. The zero-order valence-corrected chi connectivity index (χ0v) is 15.9. The molecule has 2 aromatic rings. The number of anilines is 2. The lowest BCUT2D eigenvalue weighted by Crippen LogP contribution is -2.30. The maximum absolute atomic E-state index is 13.0. The van der Waals surface area contributed by atoms with Gasteiger partial charge in [-0.1, -0.05) is 6.07 Å². The molecule has 1 aliphatic heterocycles. The van der Waals surface area contributed by atoms with E-state index in [1.165, 1.54) is 12.1 Å². The minimum Gasteiger partial charge on any atom is -0.322 e. The number of hydrogen-bond donors (Lipinski definition) is 1. The number of nitrogens with one attached hydrogen (secondary N) is 1. The van der Waals surface area contributed by atoms with E-state index in [1.54, 1.807) is 11.0 Å². The van der Waals surface area contributed by atoms with Gasteiger partial charge in [0, 0.05) is 29.4 Å². The third-order valence-corrected chi connectivity index (χ3v) is 5.28. The van der Waals surface area contributed by atoms with E-state index in [1.807, 2.05) is 0 Å². The van der Waals surface area contributed by atoms with Crippen molar-refractivity contribution in [2.24, 2.45) is 5.92 Å². The summed E-state index contributed by atoms with van der Waals surface area (Å²) < 4.78 is 78.2. The first-order valence-electron chi connectivity index (χ1n) is 9.48. The predicted molar refractivity (Wildman–Crippen MR) is 99.6 cm³/mol. The summed E-state index contributed by atoms with van der Waals surface area (Å²) in [5.74, 6) is -1.15. The van der Waals surface area contributed by atoms with Crippen LogP contribution in [0.4, 0.5) is 37.7 Å². The fraction of sp³-hybridized carbons (Fsp3) is 0.333. The lowest BCUT2D eigenvalue weighted by molar-refractivity contribution is -0.143. The zero-order valence-electron chi connectivity index (χ0n) is 15.9. The van der Waals surface area contributed by atoms with Crippen molar-refractivity contribution in [2.45, 2.75) is 31.6 Å². The molecule has 164 valence electrons. The SMILES string of the molecule is O=C(Nc1ccc2c(c1)N(C(=O)C1CC1)CC2)c1cc(C(F)(F)F)cc(C(F)(F)F)c1. The summed E-state index contributed by atoms with van der Waals surface area (Å²) >= 11 is 0. The number of amides is 2. The fourth-order valence-electron chi connectivity index (χ4n) is 3.53. The van der Waals surface area contributed by atoms with Crippen LogP contribution in [0.3, 0.4) is 0 Å². The summed E-state index contributed by atoms with van der Waals surface area (Å²) in [6.45, 7) is 0.491. The number of benzene rings is 2. The smallest absolute Gasteiger partial charge is 0.322 e. The molecule has 4 rings (SSSR count). The van der Waals surface area contributed by atoms with Crippen molar-refractivity contribution < 1.29 is 35.9 Å². The van der Waals surface area contributed by atoms with E-state index in [9.17, 15) is 35.9 Å². The first kappa shape index (κ1) is 21.2. The molecule has 2 aromatic carbocycles. The number of hydrogen-bond acceptors (Lipinski definition) is 2. The number of alkyl halides is 6. The second kappa shape index (κ2) is 7.28. The first-order chi connectivity index (χ1) is 14.4. The van der Waals surface area contributed by atoms with Crippen molar-refractivity contribution >= 4 is 23.2 Å². The van der Waals surface area contributed by atoms with Crippen LogP contribution in [0.1, 0.15) is 39.9 Å². The standard InChI is InChI=1S/C21H16F6N2O2/c22-20(23,24)14-7-13(8-15(9-14)21(25,26)27)18(30)28-16-4-3-11-5-6-29(17(11)10-16)19(31)12-1-2-12/h3-4,7-10,12H,1-2,5-6H2,(H,28,30). The second-order valence-electron chi connectivity index (χ2n) is 7.61. The quantitative estimate of drug-likeness (QED) is 0.658. The molecular formula is C21H16F6N2O2. The number of carbonyl (C=O) groups is 2. The van der Waals surface area contributed by atoms with Crippen molar-refractivity contribution in [1.29, 1.82) is 0 Å². The molecule has 4 nitrogen and oxygen atoms in total. The summed E-state index contributed by atoms with van der Waals surface area (Å²) in [6.07, 6.45) is -7.83. The van der Waals surface area contributed by atoms with Crippen LogP contribution in [0.5, 0.6) is 0 Å². The molecule has 1 fully saturated rings. The predicted octanol–water partition coefficient (Wildman–Crippen LogP) is 5.28. The lowest BCUT2D eigenvalue weighted by Gasteiger charge is -2.18. The maximum atomic E-state index is 13.0. The van der Waals surface area contributed by atoms with Gasteiger partial charge in [-0.05, 0) is 55.2 Å². The fourth-order valence-corrected chi connectivity index (χ4v) is 3.53. The molecule has 2 aliphatic rings. The Morgan fingerprint density at radius 3 is 2.06 bits per heavy atom. The monoisotopic (exact) mass is 442 g/mol. The molecule has 2 amide bonds. The van der Waals surface area contributed by atoms with Gasteiger partial charge >= 0.3 is 12.4 Å². The Labute approximate surface area is 172 Å². The van der Waals surface area contributed by atoms with Crippen LogP contribution in [0.2, 0.25) is 0 Å². The molecule has 0 unspecified atom stereocenters. The van der Waals surface area contributed by atoms with Gasteiger partial charge in [0.1, 0.15) is 0 Å². The molecule has 1 saturated carbocycles. The Morgan fingerprint density at radius 1 is 0.903 bits per heavy atom. The number of halogens is 6. The molecule has 0 radical (unpaired) electrons. The van der Waals surface area contributed by atoms with Gasteiger partial charge in [-0.25, -0.2) is 0 Å². The van der Waals surface area contributed by atoms with Gasteiger partial charge in [0.25, 0.3) is 5.91 Å². The van der Waals surface area contributed by atoms with Gasteiger partial charge in [0.2, 0.25) is 5.91 Å². The summed E-state index contributed by atoms with van der Waals surface area (Å²) in [5.41, 5.74) is -2.26. The second-order valence-corrected chi connectivity index (χ2v) is 7.61. The third-order valence-electron chi connectivity index (χ3n) is 5.28. The van der Waals surface area contributed by atoms with Gasteiger partial charge < -0.3 is 10.2 Å². The molecule has 0 saturated heterocycles. The van der Waals surface area contributed by atoms with Gasteiger partial charge in [-0.2, -0.15) is 26.3 Å². The van der Waals surface area contributed by atoms with Gasteiger partial charge in [0.05, 0.1) is 11.1 Å². The minimum absolute atomic E-state index is 0.0184. The largest absolute Gasteiger partial charge is 0.416 e. The Morgan fingerprint density at radius 2 is 1.52 bits per heavy atom. The van der Waals surface area contributed by atoms with Crippen LogP contribution in [0.25, 0.3) is 0 Å². The van der Waals surface area contributed by atoms with E-state index >= 15 is 0 Å². The van der Waals surface area contributed by atoms with Gasteiger partial charge in [-0.3, -0.25) is 9.59 Å². The van der Waals surface area contributed by atoms with E-state index in [2.05, 4.69) is 5.32 Å². The average molecular weight is 442 g/mol. The molecule has 10 heteroatoms. The lowest BCUT2D eigenvalue weighted by atomic mass is 10.0. The van der Waals surface area contributed by atoms with E-state index < -0.39 is 35.0 Å². The molecule has 1 N–H and O–H groups in total. The van der Waals surface area contributed by atoms with Crippen LogP contribution >= 0.6 is 0 Å². The average Bonchev–Trinajstić information content (AvgIpc) is 3.45. The number of rotatable bonds is 3. The Balaban J connectivity index is 1.62. The molecule has 0 bridgehead atoms. The normalized spacial score (nSPS) is 16.3. The Hall–Kier alpha value is -3.04. The maximum Gasteiger partial charge on any atom is 0.416 e. The summed E-state index contributed by atoms with van der Waals surface area (Å²) in [7, 11) is 0. The summed E-state index contributed by atoms with van der Waals surface area (Å²) in [6, 6.07) is 5.41. The van der Waals surface area contributed by atoms with Crippen molar-refractivity contribution in [1.82, 2.24) is 0 Å². The van der Waals surface area contributed by atoms with Crippen molar-refractivity contribution in [3.05, 3.63) is 58.7 Å². The number of carbonyl (C=O) groups excluding carboxylic acids is 2. The van der Waals surface area contributed by atoms with Crippen LogP contribution in [-0.2, 0) is 23.6 Å². The van der Waals surface area contributed by atoms with Crippen LogP contribution in [0, 0.1) is 5.92 Å². The highest BCUT2D eigenvalue weighted by molar-refractivity contribution is 6.05. The van der Waals surface area contributed by atoms with Gasteiger partial charge in [0.15, 0.2) is 0 Å². The summed E-state index contributed by atoms with van der Waals surface area (Å²) in [4.78, 5) is 26.5. The molecule has 0 spiro atoms. The third kappa shape index (κ3) is 4.38. The number of fused-ring (bicyclic) bond motifs is 1. The van der Waals surface area contributed by atoms with E-state index in [4.69, 9.17) is 0 Å². The highest BCUT2D eigenvalue weighted by Gasteiger charge is 2.38. The van der Waals surface area contributed by atoms with Crippen molar-refractivity contribution in [3.8, 4) is 0 Å². The van der Waals surface area contributed by atoms with Crippen LogP contribution in [0.15, 0.2) is 36.4 Å². The molecule has 31 heavy (non-hydrogen) atoms. The molecule has 1 heterocycles. The first-order valence-corrected chi connectivity index (χ1v) is 9.48. The molecule has 0 atom stereocenters. The Kier molecular flexibility index (Phi) is 4.98. The van der Waals surface area contributed by atoms with E-state index in [0.717, 1.165) is 18.4 Å². The van der Waals surface area contributed by atoms with Crippen LogP contribution < -0.4 is 10.2 Å². The van der Waals surface area contributed by atoms with E-state index in [0.29, 0.717) is 30.8 Å². The van der Waals surface area contributed by atoms with Gasteiger partial charge in [-0.15, -0.1) is 0 Å². The highest BCUT2D eigenvalue weighted by atomic mass is 19.4. The van der Waals surface area contributed by atoms with Crippen LogP contribution in [-0.4, -0.2) is 18.4 Å². The Bertz CT molecular complexity index is 1020. The van der Waals surface area contributed by atoms with Crippen molar-refractivity contribution in [2.75, 3.05) is 16.8 Å². The molecule has 1 aliphatic carbocycles. The topological polar surface area (TPSA) is 49.4 Å². The highest BCUT2D eigenvalue weighted by Crippen LogP contribution is 2.38. The zero-order chi connectivity index (χ0) is 22.6. The minimum atomic E-state index is -5.05. The molecule has 0 aromatic heterocycles. The number of nitrogens with zero attached hydrogens (tertiary/aromatic N) is 1. The van der Waals surface area contributed by atoms with E-state index in [-0.39, 0.29) is 23.6 Å². The summed E-state index contributed by atoms with van der Waals surface area (Å²) in [5, 5.41) is 2.34. The van der Waals surface area contributed by atoms with Crippen molar-refractivity contribution in [3.63, 3.8) is 0 Å².